The quantitative estimate of drug-likeness (QED) is 0.924. The van der Waals surface area contributed by atoms with E-state index in [4.69, 9.17) is 0 Å². The van der Waals surface area contributed by atoms with Gasteiger partial charge in [0.1, 0.15) is 0 Å². The Morgan fingerprint density at radius 1 is 1.43 bits per heavy atom. The first-order chi connectivity index (χ1) is 9.91. The summed E-state index contributed by atoms with van der Waals surface area (Å²) in [6.07, 6.45) is 4.46. The Balaban J connectivity index is 1.90. The van der Waals surface area contributed by atoms with Gasteiger partial charge in [-0.1, -0.05) is 6.92 Å². The van der Waals surface area contributed by atoms with Gasteiger partial charge in [-0.05, 0) is 46.1 Å². The molecule has 116 valence electrons. The summed E-state index contributed by atoms with van der Waals surface area (Å²) < 4.78 is 0. The maximum absolute atomic E-state index is 12.3. The molecule has 0 aromatic carbocycles. The number of rotatable bonds is 4. The summed E-state index contributed by atoms with van der Waals surface area (Å²) >= 11 is 0. The van der Waals surface area contributed by atoms with Crippen LogP contribution in [0.1, 0.15) is 45.7 Å². The lowest BCUT2D eigenvalue weighted by molar-refractivity contribution is -0.127. The van der Waals surface area contributed by atoms with Crippen LogP contribution in [0.5, 0.6) is 0 Å². The molecule has 1 fully saturated rings. The van der Waals surface area contributed by atoms with Crippen molar-refractivity contribution in [3.63, 3.8) is 0 Å². The van der Waals surface area contributed by atoms with E-state index >= 15 is 0 Å². The highest BCUT2D eigenvalue weighted by molar-refractivity contribution is 5.79. The molecule has 0 unspecified atom stereocenters. The standard InChI is InChI=1S/C16H26N4O/c1-5-16(3,4)19-14(21)13-7-10-20(11-8-13)15-17-9-6-12(2)18-15/h6,9,13H,5,7-8,10-11H2,1-4H3,(H,19,21). The maximum atomic E-state index is 12.3. The Morgan fingerprint density at radius 3 is 2.67 bits per heavy atom. The zero-order valence-corrected chi connectivity index (χ0v) is 13.5. The minimum atomic E-state index is -0.117. The number of amides is 1. The molecule has 1 aliphatic heterocycles. The van der Waals surface area contributed by atoms with Crippen LogP contribution in [0.3, 0.4) is 0 Å². The molecular formula is C16H26N4O. The largest absolute Gasteiger partial charge is 0.351 e. The zero-order chi connectivity index (χ0) is 15.5. The molecule has 0 aliphatic carbocycles. The molecule has 5 heteroatoms. The minimum Gasteiger partial charge on any atom is -0.351 e. The highest BCUT2D eigenvalue weighted by atomic mass is 16.2. The summed E-state index contributed by atoms with van der Waals surface area (Å²) in [6.45, 7) is 9.89. The van der Waals surface area contributed by atoms with E-state index in [0.717, 1.165) is 44.0 Å². The second kappa shape index (κ2) is 6.41. The van der Waals surface area contributed by atoms with Crippen molar-refractivity contribution >= 4 is 11.9 Å². The SMILES string of the molecule is CCC(C)(C)NC(=O)C1CCN(c2nccc(C)n2)CC1. The number of piperidine rings is 1. The second-order valence-corrected chi connectivity index (χ2v) is 6.49. The van der Waals surface area contributed by atoms with E-state index in [0.29, 0.717) is 0 Å². The van der Waals surface area contributed by atoms with Gasteiger partial charge in [-0.15, -0.1) is 0 Å². The van der Waals surface area contributed by atoms with Gasteiger partial charge in [0.2, 0.25) is 11.9 Å². The summed E-state index contributed by atoms with van der Waals surface area (Å²) in [5.74, 6) is 1.08. The summed E-state index contributed by atoms with van der Waals surface area (Å²) in [5.41, 5.74) is 0.859. The molecule has 0 atom stereocenters. The van der Waals surface area contributed by atoms with Crippen LogP contribution < -0.4 is 10.2 Å². The molecule has 0 spiro atoms. The molecular weight excluding hydrogens is 264 g/mol. The van der Waals surface area contributed by atoms with E-state index in [1.54, 1.807) is 6.20 Å². The van der Waals surface area contributed by atoms with Crippen molar-refractivity contribution in [3.05, 3.63) is 18.0 Å². The van der Waals surface area contributed by atoms with Crippen LogP contribution in [-0.2, 0) is 4.79 Å². The lowest BCUT2D eigenvalue weighted by Gasteiger charge is -2.33. The zero-order valence-electron chi connectivity index (χ0n) is 13.5. The molecule has 1 aromatic rings. The number of aryl methyl sites for hydroxylation is 1. The molecule has 1 amide bonds. The topological polar surface area (TPSA) is 58.1 Å². The Labute approximate surface area is 127 Å². The number of carbonyl (C=O) groups excluding carboxylic acids is 1. The average Bonchev–Trinajstić information content (AvgIpc) is 2.47. The van der Waals surface area contributed by atoms with Gasteiger partial charge >= 0.3 is 0 Å². The van der Waals surface area contributed by atoms with Crippen molar-refractivity contribution in [1.82, 2.24) is 15.3 Å². The van der Waals surface area contributed by atoms with Crippen LogP contribution in [0.2, 0.25) is 0 Å². The third-order valence-electron chi connectivity index (χ3n) is 4.28. The molecule has 1 N–H and O–H groups in total. The minimum absolute atomic E-state index is 0.108. The van der Waals surface area contributed by atoms with E-state index < -0.39 is 0 Å². The monoisotopic (exact) mass is 290 g/mol. The first-order valence-corrected chi connectivity index (χ1v) is 7.78. The van der Waals surface area contributed by atoms with E-state index in [2.05, 4.69) is 41.0 Å². The maximum Gasteiger partial charge on any atom is 0.225 e. The predicted octanol–water partition coefficient (Wildman–Crippen LogP) is 2.31. The Hall–Kier alpha value is -1.65. The Kier molecular flexibility index (Phi) is 4.80. The number of hydrogen-bond acceptors (Lipinski definition) is 4. The van der Waals surface area contributed by atoms with Crippen LogP contribution >= 0.6 is 0 Å². The van der Waals surface area contributed by atoms with E-state index in [-0.39, 0.29) is 17.4 Å². The van der Waals surface area contributed by atoms with Crippen LogP contribution in [0.25, 0.3) is 0 Å². The van der Waals surface area contributed by atoms with Crippen molar-refractivity contribution < 1.29 is 4.79 Å². The van der Waals surface area contributed by atoms with Gasteiger partial charge in [-0.3, -0.25) is 4.79 Å². The molecule has 0 radical (unpaired) electrons. The van der Waals surface area contributed by atoms with E-state index in [9.17, 15) is 4.79 Å². The molecule has 2 rings (SSSR count). The average molecular weight is 290 g/mol. The smallest absolute Gasteiger partial charge is 0.225 e. The fraction of sp³-hybridized carbons (Fsp3) is 0.688. The molecule has 5 nitrogen and oxygen atoms in total. The fourth-order valence-electron chi connectivity index (χ4n) is 2.45. The Bertz CT molecular complexity index is 493. The van der Waals surface area contributed by atoms with E-state index in [1.165, 1.54) is 0 Å². The van der Waals surface area contributed by atoms with Crippen LogP contribution in [0.4, 0.5) is 5.95 Å². The highest BCUT2D eigenvalue weighted by Crippen LogP contribution is 2.22. The number of aromatic nitrogens is 2. The molecule has 0 bridgehead atoms. The summed E-state index contributed by atoms with van der Waals surface area (Å²) in [7, 11) is 0. The fourth-order valence-corrected chi connectivity index (χ4v) is 2.45. The van der Waals surface area contributed by atoms with Gasteiger partial charge < -0.3 is 10.2 Å². The summed E-state index contributed by atoms with van der Waals surface area (Å²) in [4.78, 5) is 23.3. The van der Waals surface area contributed by atoms with Gasteiger partial charge in [-0.25, -0.2) is 9.97 Å². The van der Waals surface area contributed by atoms with Crippen LogP contribution in [-0.4, -0.2) is 34.5 Å². The van der Waals surface area contributed by atoms with Crippen molar-refractivity contribution in [3.8, 4) is 0 Å². The first kappa shape index (κ1) is 15.7. The number of carbonyl (C=O) groups is 1. The molecule has 1 aromatic heterocycles. The van der Waals surface area contributed by atoms with Crippen molar-refractivity contribution in [2.75, 3.05) is 18.0 Å². The molecule has 1 saturated heterocycles. The third kappa shape index (κ3) is 4.16. The summed E-state index contributed by atoms with van der Waals surface area (Å²) in [6, 6.07) is 1.90. The molecule has 1 aliphatic rings. The highest BCUT2D eigenvalue weighted by Gasteiger charge is 2.28. The van der Waals surface area contributed by atoms with Crippen LogP contribution in [0.15, 0.2) is 12.3 Å². The lowest BCUT2D eigenvalue weighted by atomic mass is 9.93. The predicted molar refractivity (Wildman–Crippen MR) is 84.2 cm³/mol. The van der Waals surface area contributed by atoms with Crippen molar-refractivity contribution in [2.24, 2.45) is 5.92 Å². The van der Waals surface area contributed by atoms with Gasteiger partial charge in [0.25, 0.3) is 0 Å². The van der Waals surface area contributed by atoms with E-state index in [1.807, 2.05) is 13.0 Å². The van der Waals surface area contributed by atoms with Gasteiger partial charge in [0.05, 0.1) is 0 Å². The summed E-state index contributed by atoms with van der Waals surface area (Å²) in [5, 5.41) is 3.15. The van der Waals surface area contributed by atoms with Crippen molar-refractivity contribution in [1.29, 1.82) is 0 Å². The van der Waals surface area contributed by atoms with Crippen LogP contribution in [0, 0.1) is 12.8 Å². The second-order valence-electron chi connectivity index (χ2n) is 6.49. The third-order valence-corrected chi connectivity index (χ3v) is 4.28. The Morgan fingerprint density at radius 2 is 2.10 bits per heavy atom. The number of nitrogens with zero attached hydrogens (tertiary/aromatic N) is 3. The first-order valence-electron chi connectivity index (χ1n) is 7.78. The number of hydrogen-bond donors (Lipinski definition) is 1. The number of anilines is 1. The number of nitrogens with one attached hydrogen (secondary N) is 1. The molecule has 21 heavy (non-hydrogen) atoms. The van der Waals surface area contributed by atoms with Gasteiger partial charge in [-0.2, -0.15) is 0 Å². The molecule has 0 saturated carbocycles. The normalized spacial score (nSPS) is 16.9. The van der Waals surface area contributed by atoms with Gasteiger partial charge in [0.15, 0.2) is 0 Å². The van der Waals surface area contributed by atoms with Crippen molar-refractivity contribution in [2.45, 2.75) is 52.5 Å². The van der Waals surface area contributed by atoms with Gasteiger partial charge in [0, 0.05) is 36.4 Å². The lowest BCUT2D eigenvalue weighted by Crippen LogP contribution is -2.48. The molecule has 2 heterocycles.